The first-order valence-electron chi connectivity index (χ1n) is 6.29. The molecule has 4 heteroatoms. The van der Waals surface area contributed by atoms with E-state index in [1.54, 1.807) is 0 Å². The van der Waals surface area contributed by atoms with Crippen molar-refractivity contribution in [2.75, 3.05) is 23.7 Å². The molecule has 1 heterocycles. The normalized spacial score (nSPS) is 10.6. The Morgan fingerprint density at radius 3 is 2.83 bits per heavy atom. The molecule has 0 aliphatic rings. The molecule has 0 fully saturated rings. The number of aromatic nitrogens is 2. The molecule has 4 nitrogen and oxygen atoms in total. The van der Waals surface area contributed by atoms with E-state index in [9.17, 15) is 0 Å². The number of likely N-dealkylation sites (N-methyl/N-ethyl adjacent to an activating group) is 1. The van der Waals surface area contributed by atoms with Crippen LogP contribution < -0.4 is 10.6 Å². The second kappa shape index (κ2) is 5.58. The number of imidazole rings is 1. The van der Waals surface area contributed by atoms with E-state index in [0.717, 1.165) is 31.1 Å². The van der Waals surface area contributed by atoms with E-state index in [-0.39, 0.29) is 0 Å². The van der Waals surface area contributed by atoms with Crippen LogP contribution in [0.3, 0.4) is 0 Å². The summed E-state index contributed by atoms with van der Waals surface area (Å²) in [4.78, 5) is 6.55. The number of anilines is 2. The number of nitrogens with zero attached hydrogens (tertiary/aromatic N) is 3. The van der Waals surface area contributed by atoms with E-state index in [1.807, 2.05) is 37.5 Å². The zero-order chi connectivity index (χ0) is 13.0. The summed E-state index contributed by atoms with van der Waals surface area (Å²) in [6.45, 7) is 7.05. The summed E-state index contributed by atoms with van der Waals surface area (Å²) in [5.41, 5.74) is 7.81. The van der Waals surface area contributed by atoms with Crippen LogP contribution in [-0.2, 0) is 6.54 Å². The van der Waals surface area contributed by atoms with Crippen LogP contribution in [0.1, 0.15) is 12.7 Å². The van der Waals surface area contributed by atoms with E-state index in [0.29, 0.717) is 0 Å². The third-order valence-electron chi connectivity index (χ3n) is 3.15. The molecule has 1 aromatic heterocycles. The highest BCUT2D eigenvalue weighted by atomic mass is 15.2. The molecular weight excluding hydrogens is 224 g/mol. The molecule has 0 saturated heterocycles. The second-order valence-electron chi connectivity index (χ2n) is 4.34. The highest BCUT2D eigenvalue weighted by molar-refractivity contribution is 5.55. The summed E-state index contributed by atoms with van der Waals surface area (Å²) >= 11 is 0. The number of hydrogen-bond donors (Lipinski definition) is 1. The summed E-state index contributed by atoms with van der Waals surface area (Å²) in [6, 6.07) is 8.03. The summed E-state index contributed by atoms with van der Waals surface area (Å²) < 4.78 is 2.16. The number of benzene rings is 1. The van der Waals surface area contributed by atoms with Crippen molar-refractivity contribution >= 4 is 11.4 Å². The Balaban J connectivity index is 2.04. The maximum Gasteiger partial charge on any atom is 0.105 e. The van der Waals surface area contributed by atoms with E-state index in [2.05, 4.69) is 27.4 Å². The molecule has 2 N–H and O–H groups in total. The fourth-order valence-corrected chi connectivity index (χ4v) is 2.06. The van der Waals surface area contributed by atoms with E-state index < -0.39 is 0 Å². The van der Waals surface area contributed by atoms with Gasteiger partial charge in [0.05, 0.1) is 0 Å². The number of aryl methyl sites for hydroxylation is 1. The molecular formula is C14H20N4. The Morgan fingerprint density at radius 2 is 2.22 bits per heavy atom. The minimum absolute atomic E-state index is 0.810. The van der Waals surface area contributed by atoms with Crippen LogP contribution in [0, 0.1) is 6.92 Å². The lowest BCUT2D eigenvalue weighted by Crippen LogP contribution is -2.27. The fraction of sp³-hybridized carbons (Fsp3) is 0.357. The Labute approximate surface area is 108 Å². The van der Waals surface area contributed by atoms with Gasteiger partial charge in [-0.3, -0.25) is 0 Å². The van der Waals surface area contributed by atoms with E-state index in [4.69, 9.17) is 5.73 Å². The van der Waals surface area contributed by atoms with E-state index >= 15 is 0 Å². The Kier molecular flexibility index (Phi) is 3.87. The topological polar surface area (TPSA) is 47.1 Å². The second-order valence-corrected chi connectivity index (χ2v) is 4.34. The first kappa shape index (κ1) is 12.5. The van der Waals surface area contributed by atoms with Crippen LogP contribution in [0.2, 0.25) is 0 Å². The van der Waals surface area contributed by atoms with Gasteiger partial charge in [-0.2, -0.15) is 0 Å². The largest absolute Gasteiger partial charge is 0.399 e. The lowest BCUT2D eigenvalue weighted by Gasteiger charge is -2.23. The highest BCUT2D eigenvalue weighted by Crippen LogP contribution is 2.17. The van der Waals surface area contributed by atoms with Crippen LogP contribution in [0.25, 0.3) is 0 Å². The van der Waals surface area contributed by atoms with Gasteiger partial charge in [-0.25, -0.2) is 4.98 Å². The molecule has 0 amide bonds. The molecule has 0 bridgehead atoms. The Bertz CT molecular complexity index is 504. The minimum atomic E-state index is 0.810. The summed E-state index contributed by atoms with van der Waals surface area (Å²) in [5.74, 6) is 1.05. The van der Waals surface area contributed by atoms with Crippen molar-refractivity contribution in [1.29, 1.82) is 0 Å². The SMILES string of the molecule is CCN(CCn1ccnc1C)c1cccc(N)c1. The van der Waals surface area contributed by atoms with Gasteiger partial charge in [-0.1, -0.05) is 6.07 Å². The Morgan fingerprint density at radius 1 is 1.39 bits per heavy atom. The van der Waals surface area contributed by atoms with Gasteiger partial charge in [0.25, 0.3) is 0 Å². The molecule has 0 radical (unpaired) electrons. The lowest BCUT2D eigenvalue weighted by atomic mass is 10.2. The number of nitrogens with two attached hydrogens (primary N) is 1. The highest BCUT2D eigenvalue weighted by Gasteiger charge is 2.05. The molecule has 0 spiro atoms. The van der Waals surface area contributed by atoms with Crippen molar-refractivity contribution in [3.8, 4) is 0 Å². The lowest BCUT2D eigenvalue weighted by molar-refractivity contribution is 0.648. The van der Waals surface area contributed by atoms with Crippen LogP contribution in [-0.4, -0.2) is 22.6 Å². The number of hydrogen-bond acceptors (Lipinski definition) is 3. The van der Waals surface area contributed by atoms with Crippen LogP contribution in [0.15, 0.2) is 36.7 Å². The molecule has 1 aromatic carbocycles. The average Bonchev–Trinajstić information content (AvgIpc) is 2.76. The standard InChI is InChI=1S/C14H20N4/c1-3-17(14-6-4-5-13(15)11-14)9-10-18-8-7-16-12(18)2/h4-8,11H,3,9-10,15H2,1-2H3. The van der Waals surface area contributed by atoms with Gasteiger partial charge in [0.1, 0.15) is 5.82 Å². The average molecular weight is 244 g/mol. The van der Waals surface area contributed by atoms with Crippen molar-refractivity contribution < 1.29 is 0 Å². The van der Waals surface area contributed by atoms with Crippen molar-refractivity contribution in [2.45, 2.75) is 20.4 Å². The zero-order valence-electron chi connectivity index (χ0n) is 11.0. The zero-order valence-corrected chi connectivity index (χ0v) is 11.0. The maximum absolute atomic E-state index is 5.82. The maximum atomic E-state index is 5.82. The van der Waals surface area contributed by atoms with Gasteiger partial charge >= 0.3 is 0 Å². The van der Waals surface area contributed by atoms with Gasteiger partial charge in [-0.05, 0) is 32.0 Å². The van der Waals surface area contributed by atoms with Crippen LogP contribution in [0.5, 0.6) is 0 Å². The summed E-state index contributed by atoms with van der Waals surface area (Å²) in [5, 5.41) is 0. The molecule has 0 saturated carbocycles. The molecule has 0 aliphatic heterocycles. The molecule has 0 atom stereocenters. The predicted octanol–water partition coefficient (Wildman–Crippen LogP) is 2.30. The molecule has 0 aliphatic carbocycles. The molecule has 18 heavy (non-hydrogen) atoms. The van der Waals surface area contributed by atoms with Crippen LogP contribution in [0.4, 0.5) is 11.4 Å². The van der Waals surface area contributed by atoms with Crippen molar-refractivity contribution in [2.24, 2.45) is 0 Å². The van der Waals surface area contributed by atoms with Crippen molar-refractivity contribution in [1.82, 2.24) is 9.55 Å². The molecule has 2 rings (SSSR count). The smallest absolute Gasteiger partial charge is 0.105 e. The third kappa shape index (κ3) is 2.83. The summed E-state index contributed by atoms with van der Waals surface area (Å²) in [7, 11) is 0. The van der Waals surface area contributed by atoms with Gasteiger partial charge < -0.3 is 15.2 Å². The quantitative estimate of drug-likeness (QED) is 0.821. The van der Waals surface area contributed by atoms with Gasteiger partial charge in [0.2, 0.25) is 0 Å². The van der Waals surface area contributed by atoms with Gasteiger partial charge in [0.15, 0.2) is 0 Å². The monoisotopic (exact) mass is 244 g/mol. The Hall–Kier alpha value is -1.97. The predicted molar refractivity (Wildman–Crippen MR) is 75.7 cm³/mol. The third-order valence-corrected chi connectivity index (χ3v) is 3.15. The van der Waals surface area contributed by atoms with Gasteiger partial charge in [-0.15, -0.1) is 0 Å². The molecule has 0 unspecified atom stereocenters. The van der Waals surface area contributed by atoms with Crippen LogP contribution >= 0.6 is 0 Å². The molecule has 96 valence electrons. The van der Waals surface area contributed by atoms with Gasteiger partial charge in [0, 0.05) is 43.4 Å². The minimum Gasteiger partial charge on any atom is -0.399 e. The first-order valence-corrected chi connectivity index (χ1v) is 6.29. The van der Waals surface area contributed by atoms with Crippen molar-refractivity contribution in [3.63, 3.8) is 0 Å². The molecule has 2 aromatic rings. The van der Waals surface area contributed by atoms with Crippen molar-refractivity contribution in [3.05, 3.63) is 42.5 Å². The summed E-state index contributed by atoms with van der Waals surface area (Å²) in [6.07, 6.45) is 3.86. The number of nitrogen functional groups attached to an aromatic ring is 1. The first-order chi connectivity index (χ1) is 8.70. The number of rotatable bonds is 5. The fourth-order valence-electron chi connectivity index (χ4n) is 2.06. The van der Waals surface area contributed by atoms with E-state index in [1.165, 1.54) is 5.69 Å².